The molecule has 0 amide bonds. The van der Waals surface area contributed by atoms with Gasteiger partial charge >= 0.3 is 5.97 Å². The Morgan fingerprint density at radius 3 is 2.36 bits per heavy atom. The molecule has 0 rings (SSSR count). The van der Waals surface area contributed by atoms with Gasteiger partial charge in [-0.15, -0.1) is 0 Å². The summed E-state index contributed by atoms with van der Waals surface area (Å²) in [5.41, 5.74) is 4.32. The molecule has 0 saturated carbocycles. The third kappa shape index (κ3) is 3.62. The summed E-state index contributed by atoms with van der Waals surface area (Å²) in [6.45, 7) is 6.68. The van der Waals surface area contributed by atoms with Crippen molar-refractivity contribution in [1.82, 2.24) is 5.32 Å². The fourth-order valence-corrected chi connectivity index (χ4v) is 0.348. The Morgan fingerprint density at radius 1 is 1.64 bits per heavy atom. The summed E-state index contributed by atoms with van der Waals surface area (Å²) in [5.74, 6) is -0.593. The van der Waals surface area contributed by atoms with Crippen molar-refractivity contribution in [3.8, 4) is 0 Å². The fourth-order valence-electron chi connectivity index (χ4n) is 0.348. The molecule has 0 spiro atoms. The van der Waals surface area contributed by atoms with E-state index in [-0.39, 0.29) is 5.70 Å². The summed E-state index contributed by atoms with van der Waals surface area (Å²) >= 11 is 0. The van der Waals surface area contributed by atoms with Gasteiger partial charge in [0.25, 0.3) is 0 Å². The van der Waals surface area contributed by atoms with Gasteiger partial charge in [-0.25, -0.2) is 4.79 Å². The highest BCUT2D eigenvalue weighted by atomic mass is 16.6. The van der Waals surface area contributed by atoms with Crippen LogP contribution in [0.5, 0.6) is 0 Å². The summed E-state index contributed by atoms with van der Waals surface area (Å²) in [6, 6.07) is 0. The number of carbonyl (C=O) groups excluding carboxylic acids is 1. The lowest BCUT2D eigenvalue weighted by Crippen LogP contribution is -2.41. The Bertz CT molecular complexity index is 175. The number of nitrogens with two attached hydrogens (primary N) is 1. The first-order chi connectivity index (χ1) is 4.89. The predicted octanol–water partition coefficient (Wildman–Crippen LogP) is -0.0425. The molecule has 0 saturated heterocycles. The van der Waals surface area contributed by atoms with Crippen LogP contribution in [0, 0.1) is 0 Å². The molecule has 0 aliphatic heterocycles. The van der Waals surface area contributed by atoms with E-state index < -0.39 is 11.7 Å². The minimum atomic E-state index is -0.695. The second-order valence-corrected chi connectivity index (χ2v) is 2.68. The molecule has 4 nitrogen and oxygen atoms in total. The minimum absolute atomic E-state index is 0.0895. The standard InChI is InChI=1S/C7H14N2O2/c1-5(8)6(10)11-7(2,3)9-4/h9H,1,8H2,2-4H3. The molecule has 0 radical (unpaired) electrons. The van der Waals surface area contributed by atoms with Crippen LogP contribution in [-0.2, 0) is 9.53 Å². The maximum absolute atomic E-state index is 10.8. The molecule has 0 heterocycles. The van der Waals surface area contributed by atoms with E-state index in [4.69, 9.17) is 10.5 Å². The quantitative estimate of drug-likeness (QED) is 0.343. The lowest BCUT2D eigenvalue weighted by atomic mass is 10.3. The Labute approximate surface area is 66.4 Å². The van der Waals surface area contributed by atoms with Crippen LogP contribution in [0.25, 0.3) is 0 Å². The summed E-state index contributed by atoms with van der Waals surface area (Å²) in [6.07, 6.45) is 0. The number of hydrogen-bond acceptors (Lipinski definition) is 4. The number of nitrogens with one attached hydrogen (secondary N) is 1. The van der Waals surface area contributed by atoms with Gasteiger partial charge in [0.15, 0.2) is 5.72 Å². The highest BCUT2D eigenvalue weighted by Gasteiger charge is 2.20. The average Bonchev–Trinajstić information content (AvgIpc) is 1.87. The van der Waals surface area contributed by atoms with E-state index in [9.17, 15) is 4.79 Å². The van der Waals surface area contributed by atoms with E-state index in [1.165, 1.54) is 0 Å². The summed E-state index contributed by atoms with van der Waals surface area (Å²) < 4.78 is 4.87. The predicted molar refractivity (Wildman–Crippen MR) is 42.6 cm³/mol. The van der Waals surface area contributed by atoms with Crippen molar-refractivity contribution in [1.29, 1.82) is 0 Å². The van der Waals surface area contributed by atoms with Crippen LogP contribution >= 0.6 is 0 Å². The zero-order chi connectivity index (χ0) is 9.07. The Kier molecular flexibility index (Phi) is 3.07. The first-order valence-electron chi connectivity index (χ1n) is 3.25. The molecule has 11 heavy (non-hydrogen) atoms. The highest BCUT2D eigenvalue weighted by molar-refractivity contribution is 5.86. The van der Waals surface area contributed by atoms with Crippen LogP contribution in [0.15, 0.2) is 12.3 Å². The molecule has 0 atom stereocenters. The van der Waals surface area contributed by atoms with Crippen LogP contribution in [0.1, 0.15) is 13.8 Å². The number of hydrogen-bond donors (Lipinski definition) is 2. The molecule has 0 aliphatic rings. The molecule has 0 bridgehead atoms. The summed E-state index contributed by atoms with van der Waals surface area (Å²) in [7, 11) is 1.69. The maximum Gasteiger partial charge on any atom is 0.355 e. The molecule has 64 valence electrons. The molecule has 0 aromatic carbocycles. The van der Waals surface area contributed by atoms with E-state index in [0.717, 1.165) is 0 Å². The van der Waals surface area contributed by atoms with Gasteiger partial charge in [0.1, 0.15) is 5.70 Å². The maximum atomic E-state index is 10.8. The molecule has 3 N–H and O–H groups in total. The number of esters is 1. The van der Waals surface area contributed by atoms with E-state index >= 15 is 0 Å². The van der Waals surface area contributed by atoms with Gasteiger partial charge in [-0.2, -0.15) is 0 Å². The van der Waals surface area contributed by atoms with Crippen molar-refractivity contribution in [2.24, 2.45) is 5.73 Å². The first kappa shape index (κ1) is 9.97. The molecule has 4 heteroatoms. The summed E-state index contributed by atoms with van der Waals surface area (Å²) in [5, 5.41) is 2.79. The zero-order valence-electron chi connectivity index (χ0n) is 7.10. The van der Waals surface area contributed by atoms with Gasteiger partial charge in [-0.1, -0.05) is 6.58 Å². The van der Waals surface area contributed by atoms with Crippen molar-refractivity contribution in [2.75, 3.05) is 7.05 Å². The smallest absolute Gasteiger partial charge is 0.355 e. The van der Waals surface area contributed by atoms with Gasteiger partial charge in [0.05, 0.1) is 0 Å². The van der Waals surface area contributed by atoms with Crippen molar-refractivity contribution in [3.05, 3.63) is 12.3 Å². The Hall–Kier alpha value is -1.03. The van der Waals surface area contributed by atoms with E-state index in [0.29, 0.717) is 0 Å². The zero-order valence-corrected chi connectivity index (χ0v) is 7.10. The van der Waals surface area contributed by atoms with Crippen molar-refractivity contribution in [3.63, 3.8) is 0 Å². The molecular weight excluding hydrogens is 144 g/mol. The normalized spacial score (nSPS) is 10.8. The van der Waals surface area contributed by atoms with Gasteiger partial charge in [-0.05, 0) is 20.9 Å². The molecule has 0 unspecified atom stereocenters. The molecular formula is C7H14N2O2. The third-order valence-electron chi connectivity index (χ3n) is 1.21. The van der Waals surface area contributed by atoms with Crippen LogP contribution in [-0.4, -0.2) is 18.7 Å². The number of rotatable bonds is 3. The van der Waals surface area contributed by atoms with Crippen molar-refractivity contribution < 1.29 is 9.53 Å². The van der Waals surface area contributed by atoms with Crippen LogP contribution < -0.4 is 11.1 Å². The van der Waals surface area contributed by atoms with Gasteiger partial charge < -0.3 is 10.5 Å². The lowest BCUT2D eigenvalue weighted by molar-refractivity contribution is -0.153. The molecule has 0 aromatic rings. The van der Waals surface area contributed by atoms with Crippen LogP contribution in [0.2, 0.25) is 0 Å². The van der Waals surface area contributed by atoms with Crippen molar-refractivity contribution >= 4 is 5.97 Å². The number of ether oxygens (including phenoxy) is 1. The SMILES string of the molecule is C=C(N)C(=O)OC(C)(C)NC. The Morgan fingerprint density at radius 2 is 2.09 bits per heavy atom. The van der Waals surface area contributed by atoms with Crippen molar-refractivity contribution in [2.45, 2.75) is 19.6 Å². The summed E-state index contributed by atoms with van der Waals surface area (Å²) in [4.78, 5) is 10.8. The van der Waals surface area contributed by atoms with Gasteiger partial charge in [-0.3, -0.25) is 5.32 Å². The molecule has 0 aliphatic carbocycles. The second kappa shape index (κ2) is 3.39. The average molecular weight is 158 g/mol. The van der Waals surface area contributed by atoms with E-state index in [2.05, 4.69) is 11.9 Å². The van der Waals surface area contributed by atoms with Crippen LogP contribution in [0.4, 0.5) is 0 Å². The van der Waals surface area contributed by atoms with E-state index in [1.54, 1.807) is 20.9 Å². The first-order valence-corrected chi connectivity index (χ1v) is 3.25. The van der Waals surface area contributed by atoms with E-state index in [1.807, 2.05) is 0 Å². The monoisotopic (exact) mass is 158 g/mol. The van der Waals surface area contributed by atoms with Crippen LogP contribution in [0.3, 0.4) is 0 Å². The fraction of sp³-hybridized carbons (Fsp3) is 0.571. The largest absolute Gasteiger partial charge is 0.440 e. The minimum Gasteiger partial charge on any atom is -0.440 e. The topological polar surface area (TPSA) is 64.4 Å². The highest BCUT2D eigenvalue weighted by Crippen LogP contribution is 2.04. The molecule has 0 aromatic heterocycles. The molecule has 0 fully saturated rings. The van der Waals surface area contributed by atoms with Gasteiger partial charge in [0, 0.05) is 0 Å². The number of carbonyl (C=O) groups is 1. The second-order valence-electron chi connectivity index (χ2n) is 2.68. The Balaban J connectivity index is 4.04. The lowest BCUT2D eigenvalue weighted by Gasteiger charge is -2.23. The van der Waals surface area contributed by atoms with Gasteiger partial charge in [0.2, 0.25) is 0 Å². The third-order valence-corrected chi connectivity index (χ3v) is 1.21.